The van der Waals surface area contributed by atoms with E-state index in [0.29, 0.717) is 6.42 Å². The number of hydrogen-bond acceptors (Lipinski definition) is 4. The summed E-state index contributed by atoms with van der Waals surface area (Å²) in [4.78, 5) is 34.2. The first-order chi connectivity index (χ1) is 13.1. The van der Waals surface area contributed by atoms with Crippen LogP contribution in [0.15, 0.2) is 0 Å². The summed E-state index contributed by atoms with van der Waals surface area (Å²) in [6, 6.07) is 0. The first-order valence-corrected chi connectivity index (χ1v) is 11.2. The highest BCUT2D eigenvalue weighted by Gasteiger charge is 2.11. The van der Waals surface area contributed by atoms with Crippen molar-refractivity contribution in [3.8, 4) is 0 Å². The van der Waals surface area contributed by atoms with Gasteiger partial charge in [-0.25, -0.2) is 0 Å². The first-order valence-electron chi connectivity index (χ1n) is 11.2. The van der Waals surface area contributed by atoms with Crippen LogP contribution in [-0.4, -0.2) is 24.6 Å². The highest BCUT2D eigenvalue weighted by molar-refractivity contribution is 5.97. The van der Waals surface area contributed by atoms with Gasteiger partial charge in [0.1, 0.15) is 18.0 Å². The van der Waals surface area contributed by atoms with Crippen molar-refractivity contribution in [2.75, 3.05) is 7.11 Å². The van der Waals surface area contributed by atoms with Gasteiger partial charge in [0.15, 0.2) is 0 Å². The Morgan fingerprint density at radius 3 is 1.41 bits per heavy atom. The molecular weight excluding hydrogens is 340 g/mol. The van der Waals surface area contributed by atoms with Gasteiger partial charge in [-0.05, 0) is 6.42 Å². The van der Waals surface area contributed by atoms with Gasteiger partial charge in [-0.3, -0.25) is 14.4 Å². The second kappa shape index (κ2) is 19.6. The molecule has 0 aromatic heterocycles. The number of Topliss-reactive ketones (excluding diaryl/α,β-unsaturated/α-hetero) is 2. The van der Waals surface area contributed by atoms with Crippen molar-refractivity contribution in [1.29, 1.82) is 0 Å². The van der Waals surface area contributed by atoms with Crippen LogP contribution in [0.4, 0.5) is 0 Å². The Hall–Kier alpha value is -1.19. The van der Waals surface area contributed by atoms with Gasteiger partial charge in [0.05, 0.1) is 7.11 Å². The van der Waals surface area contributed by atoms with Crippen LogP contribution in [0.5, 0.6) is 0 Å². The molecule has 0 unspecified atom stereocenters. The molecule has 0 spiro atoms. The lowest BCUT2D eigenvalue weighted by atomic mass is 10.0. The second-order valence-electron chi connectivity index (χ2n) is 7.68. The van der Waals surface area contributed by atoms with E-state index in [-0.39, 0.29) is 30.8 Å². The minimum absolute atomic E-state index is 0.132. The van der Waals surface area contributed by atoms with Crippen LogP contribution in [0.2, 0.25) is 0 Å². The molecule has 0 bridgehead atoms. The first kappa shape index (κ1) is 25.8. The fraction of sp³-hybridized carbons (Fsp3) is 0.870. The molecule has 0 aliphatic carbocycles. The SMILES string of the molecule is CCCCCCCCCCCCCCCCC(=O)CCC(=O)CC(=O)OC. The molecule has 0 aliphatic rings. The van der Waals surface area contributed by atoms with Crippen molar-refractivity contribution in [1.82, 2.24) is 0 Å². The predicted octanol–water partition coefficient (Wildman–Crippen LogP) is 6.34. The predicted molar refractivity (Wildman–Crippen MR) is 111 cm³/mol. The van der Waals surface area contributed by atoms with E-state index in [2.05, 4.69) is 11.7 Å². The lowest BCUT2D eigenvalue weighted by Gasteiger charge is -2.03. The number of ketones is 2. The number of unbranched alkanes of at least 4 members (excludes halogenated alkanes) is 13. The molecule has 0 aliphatic heterocycles. The summed E-state index contributed by atoms with van der Waals surface area (Å²) in [6.45, 7) is 2.26. The topological polar surface area (TPSA) is 60.4 Å². The number of rotatable bonds is 20. The van der Waals surface area contributed by atoms with Gasteiger partial charge < -0.3 is 4.74 Å². The van der Waals surface area contributed by atoms with Gasteiger partial charge in [-0.2, -0.15) is 0 Å². The number of carbonyl (C=O) groups excluding carboxylic acids is 3. The summed E-state index contributed by atoms with van der Waals surface area (Å²) >= 11 is 0. The van der Waals surface area contributed by atoms with E-state index in [1.807, 2.05) is 0 Å². The number of carbonyl (C=O) groups is 3. The third-order valence-corrected chi connectivity index (χ3v) is 5.06. The summed E-state index contributed by atoms with van der Waals surface area (Å²) in [5, 5.41) is 0. The molecule has 0 heterocycles. The summed E-state index contributed by atoms with van der Waals surface area (Å²) in [7, 11) is 1.26. The molecule has 0 N–H and O–H groups in total. The van der Waals surface area contributed by atoms with Crippen molar-refractivity contribution < 1.29 is 19.1 Å². The largest absolute Gasteiger partial charge is 0.469 e. The number of methoxy groups -OCH3 is 1. The lowest BCUT2D eigenvalue weighted by Crippen LogP contribution is -2.10. The van der Waals surface area contributed by atoms with Gasteiger partial charge in [-0.15, -0.1) is 0 Å². The maximum Gasteiger partial charge on any atom is 0.313 e. The summed E-state index contributed by atoms with van der Waals surface area (Å²) in [6.07, 6.45) is 19.0. The van der Waals surface area contributed by atoms with Gasteiger partial charge in [0.2, 0.25) is 0 Å². The zero-order valence-electron chi connectivity index (χ0n) is 17.9. The molecule has 0 aromatic rings. The van der Waals surface area contributed by atoms with Crippen molar-refractivity contribution in [2.24, 2.45) is 0 Å². The molecule has 4 heteroatoms. The third kappa shape index (κ3) is 19.4. The van der Waals surface area contributed by atoms with E-state index in [9.17, 15) is 14.4 Å². The Balaban J connectivity index is 3.28. The van der Waals surface area contributed by atoms with Crippen molar-refractivity contribution >= 4 is 17.5 Å². The molecular formula is C23H42O4. The average Bonchev–Trinajstić information content (AvgIpc) is 2.66. The van der Waals surface area contributed by atoms with E-state index in [0.717, 1.165) is 12.8 Å². The summed E-state index contributed by atoms with van der Waals surface area (Å²) < 4.78 is 4.44. The Labute approximate surface area is 166 Å². The van der Waals surface area contributed by atoms with Gasteiger partial charge >= 0.3 is 5.97 Å². The smallest absolute Gasteiger partial charge is 0.313 e. The van der Waals surface area contributed by atoms with E-state index in [1.165, 1.54) is 84.2 Å². The molecule has 0 fully saturated rings. The van der Waals surface area contributed by atoms with Crippen molar-refractivity contribution in [3.05, 3.63) is 0 Å². The van der Waals surface area contributed by atoms with Crippen LogP contribution in [0.3, 0.4) is 0 Å². The molecule has 0 atom stereocenters. The summed E-state index contributed by atoms with van der Waals surface area (Å²) in [5.74, 6) is -0.609. The van der Waals surface area contributed by atoms with Crippen LogP contribution < -0.4 is 0 Å². The fourth-order valence-corrected chi connectivity index (χ4v) is 3.24. The number of hydrogen-bond donors (Lipinski definition) is 0. The van der Waals surface area contributed by atoms with Gasteiger partial charge in [0, 0.05) is 19.3 Å². The Morgan fingerprint density at radius 2 is 0.963 bits per heavy atom. The molecule has 0 aromatic carbocycles. The molecule has 0 saturated heterocycles. The van der Waals surface area contributed by atoms with Crippen LogP contribution in [-0.2, 0) is 19.1 Å². The minimum atomic E-state index is -0.528. The highest BCUT2D eigenvalue weighted by Crippen LogP contribution is 2.13. The Bertz CT molecular complexity index is 390. The second-order valence-corrected chi connectivity index (χ2v) is 7.68. The molecule has 0 amide bonds. The number of ether oxygens (including phenoxy) is 1. The molecule has 0 radical (unpaired) electrons. The standard InChI is InChI=1S/C23H42O4/c1-3-4-5-6-7-8-9-10-11-12-13-14-15-16-17-21(24)18-19-22(25)20-23(26)27-2/h3-20H2,1-2H3. The highest BCUT2D eigenvalue weighted by atomic mass is 16.5. The minimum Gasteiger partial charge on any atom is -0.469 e. The molecule has 0 rings (SSSR count). The van der Waals surface area contributed by atoms with E-state index in [4.69, 9.17) is 0 Å². The van der Waals surface area contributed by atoms with E-state index >= 15 is 0 Å². The van der Waals surface area contributed by atoms with Gasteiger partial charge in [0.25, 0.3) is 0 Å². The number of esters is 1. The van der Waals surface area contributed by atoms with Crippen LogP contribution in [0.25, 0.3) is 0 Å². The Kier molecular flexibility index (Phi) is 18.7. The third-order valence-electron chi connectivity index (χ3n) is 5.06. The Morgan fingerprint density at radius 1 is 0.556 bits per heavy atom. The average molecular weight is 383 g/mol. The zero-order chi connectivity index (χ0) is 20.2. The normalized spacial score (nSPS) is 10.7. The van der Waals surface area contributed by atoms with Crippen LogP contribution in [0, 0.1) is 0 Å². The molecule has 0 saturated carbocycles. The van der Waals surface area contributed by atoms with Crippen LogP contribution in [0.1, 0.15) is 122 Å². The van der Waals surface area contributed by atoms with Crippen LogP contribution >= 0.6 is 0 Å². The lowest BCUT2D eigenvalue weighted by molar-refractivity contribution is -0.143. The van der Waals surface area contributed by atoms with Crippen molar-refractivity contribution in [2.45, 2.75) is 122 Å². The summed E-state index contributed by atoms with van der Waals surface area (Å²) in [5.41, 5.74) is 0. The monoisotopic (exact) mass is 382 g/mol. The molecule has 158 valence electrons. The van der Waals surface area contributed by atoms with Crippen molar-refractivity contribution in [3.63, 3.8) is 0 Å². The zero-order valence-corrected chi connectivity index (χ0v) is 17.9. The maximum absolute atomic E-state index is 11.8. The quantitative estimate of drug-likeness (QED) is 0.140. The van der Waals surface area contributed by atoms with E-state index < -0.39 is 5.97 Å². The fourth-order valence-electron chi connectivity index (χ4n) is 3.24. The van der Waals surface area contributed by atoms with Gasteiger partial charge in [-0.1, -0.05) is 90.4 Å². The van der Waals surface area contributed by atoms with E-state index in [1.54, 1.807) is 0 Å². The molecule has 4 nitrogen and oxygen atoms in total. The molecule has 27 heavy (non-hydrogen) atoms. The maximum atomic E-state index is 11.8.